The fourth-order valence-electron chi connectivity index (χ4n) is 17.3. The van der Waals surface area contributed by atoms with E-state index in [1.54, 1.807) is 0 Å². The molecule has 0 bridgehead atoms. The van der Waals surface area contributed by atoms with E-state index >= 15 is 4.79 Å². The summed E-state index contributed by atoms with van der Waals surface area (Å²) in [6.07, 6.45) is -28.6. The second kappa shape index (κ2) is 24.1. The highest BCUT2D eigenvalue weighted by Gasteiger charge is 2.71. The first kappa shape index (κ1) is 65.2. The van der Waals surface area contributed by atoms with Crippen LogP contribution in [0.4, 0.5) is 0 Å². The van der Waals surface area contributed by atoms with E-state index in [0.29, 0.717) is 57.8 Å². The molecule has 5 saturated heterocycles. The van der Waals surface area contributed by atoms with Crippen LogP contribution in [0.15, 0.2) is 11.6 Å². The Morgan fingerprint density at radius 1 is 0.571 bits per heavy atom. The summed E-state index contributed by atoms with van der Waals surface area (Å²) in [6, 6.07) is 0. The van der Waals surface area contributed by atoms with Gasteiger partial charge in [0.1, 0.15) is 104 Å². The molecule has 5 aliphatic heterocycles. The van der Waals surface area contributed by atoms with E-state index in [4.69, 9.17) is 47.4 Å². The predicted molar refractivity (Wildman–Crippen MR) is 283 cm³/mol. The van der Waals surface area contributed by atoms with Gasteiger partial charge in [-0.1, -0.05) is 53.2 Å². The van der Waals surface area contributed by atoms with Crippen molar-refractivity contribution in [3.63, 3.8) is 0 Å². The number of allylic oxidation sites excluding steroid dienone is 2. The molecule has 0 spiro atoms. The van der Waals surface area contributed by atoms with E-state index in [1.807, 2.05) is 6.92 Å². The molecular formula is C58H94O26. The molecule has 15 N–H and O–H groups in total. The molecule has 9 fully saturated rings. The molecule has 84 heavy (non-hydrogen) atoms. The van der Waals surface area contributed by atoms with Crippen LogP contribution >= 0.6 is 0 Å². The SMILES string of the molecule is C[C@@H]1O[C@@H](O[C@H]2[C@H](O[C@H]3CC[C@@]4(C)[C@@H](CC[C@]5(C)[C@@H]4CC=C4[C@@H]6CC(C)(C)CC[C@]6(C(=O)O[C@@H]6O[C@H](CO[C@@H]7O[C@H](CO)[C@H](O)[C@H](O)[C@H]7O)[C@@H](O)[C@H](O)[C@H]6O)CC[C@]45C)[C@]3(C)CO)OC[C@H](O)[C@@H]2O)[C@H](O)[C@H](O[C@@H]2OC[C@@H](O)[C@H](O)[C@H]2O)[C@H]1O. The largest absolute Gasteiger partial charge is 0.432 e. The summed E-state index contributed by atoms with van der Waals surface area (Å²) in [4.78, 5) is 15.1. The van der Waals surface area contributed by atoms with E-state index in [2.05, 4.69) is 40.7 Å². The Morgan fingerprint density at radius 3 is 1.86 bits per heavy atom. The molecule has 5 heterocycles. The molecule has 0 amide bonds. The van der Waals surface area contributed by atoms with Crippen molar-refractivity contribution in [3.05, 3.63) is 11.6 Å². The number of ether oxygens (including phenoxy) is 10. The Hall–Kier alpha value is -1.75. The van der Waals surface area contributed by atoms with Gasteiger partial charge in [0, 0.05) is 5.41 Å². The number of aliphatic hydroxyl groups excluding tert-OH is 15. The van der Waals surface area contributed by atoms with Crippen LogP contribution < -0.4 is 0 Å². The van der Waals surface area contributed by atoms with Gasteiger partial charge >= 0.3 is 5.97 Å². The summed E-state index contributed by atoms with van der Waals surface area (Å²) < 4.78 is 59.4. The Balaban J connectivity index is 0.850. The Morgan fingerprint density at radius 2 is 1.18 bits per heavy atom. The molecule has 10 aliphatic rings. The molecule has 5 aliphatic carbocycles. The number of carbonyl (C=O) groups is 1. The number of hydrogen-bond donors (Lipinski definition) is 15. The first-order valence-electron chi connectivity index (χ1n) is 30.2. The van der Waals surface area contributed by atoms with Crippen LogP contribution in [-0.2, 0) is 52.2 Å². The van der Waals surface area contributed by atoms with Crippen molar-refractivity contribution in [2.45, 2.75) is 260 Å². The summed E-state index contributed by atoms with van der Waals surface area (Å²) in [5.74, 6) is -0.880. The molecule has 482 valence electrons. The predicted octanol–water partition coefficient (Wildman–Crippen LogP) is -2.93. The van der Waals surface area contributed by atoms with Crippen LogP contribution in [0.1, 0.15) is 113 Å². The fourth-order valence-corrected chi connectivity index (χ4v) is 17.3. The third kappa shape index (κ3) is 10.9. The number of hydrogen-bond acceptors (Lipinski definition) is 26. The zero-order valence-corrected chi connectivity index (χ0v) is 49.0. The number of esters is 1. The Labute approximate surface area is 488 Å². The minimum Gasteiger partial charge on any atom is -0.432 e. The normalized spacial score (nSPS) is 54.9. The first-order chi connectivity index (χ1) is 39.4. The number of rotatable bonds is 13. The molecule has 0 aromatic rings. The topological polar surface area (TPSA) is 413 Å². The monoisotopic (exact) mass is 1210 g/mol. The Bertz CT molecular complexity index is 2330. The van der Waals surface area contributed by atoms with E-state index in [9.17, 15) is 76.6 Å². The van der Waals surface area contributed by atoms with Crippen molar-refractivity contribution >= 4 is 5.97 Å². The molecule has 26 nitrogen and oxygen atoms in total. The lowest BCUT2D eigenvalue weighted by atomic mass is 9.33. The highest BCUT2D eigenvalue weighted by atomic mass is 16.8. The lowest BCUT2D eigenvalue weighted by Gasteiger charge is -2.71. The van der Waals surface area contributed by atoms with Crippen molar-refractivity contribution in [1.29, 1.82) is 0 Å². The zero-order valence-electron chi connectivity index (χ0n) is 49.0. The van der Waals surface area contributed by atoms with Crippen LogP contribution in [0.5, 0.6) is 0 Å². The summed E-state index contributed by atoms with van der Waals surface area (Å²) in [5.41, 5.74) is -1.98. The summed E-state index contributed by atoms with van der Waals surface area (Å²) >= 11 is 0. The van der Waals surface area contributed by atoms with Gasteiger partial charge in [-0.2, -0.15) is 0 Å². The maximum atomic E-state index is 15.1. The first-order valence-corrected chi connectivity index (χ1v) is 30.2. The van der Waals surface area contributed by atoms with Crippen LogP contribution in [0.2, 0.25) is 0 Å². The number of aliphatic hydroxyl groups is 15. The van der Waals surface area contributed by atoms with Crippen molar-refractivity contribution in [3.8, 4) is 0 Å². The molecule has 0 aromatic carbocycles. The smallest absolute Gasteiger partial charge is 0.315 e. The van der Waals surface area contributed by atoms with E-state index in [-0.39, 0.29) is 47.2 Å². The van der Waals surface area contributed by atoms with Crippen LogP contribution in [0.3, 0.4) is 0 Å². The van der Waals surface area contributed by atoms with Gasteiger partial charge in [0.05, 0.1) is 50.7 Å². The molecular weight excluding hydrogens is 1110 g/mol. The maximum Gasteiger partial charge on any atom is 0.315 e. The quantitative estimate of drug-likeness (QED) is 0.0499. The highest BCUT2D eigenvalue weighted by molar-refractivity contribution is 5.79. The summed E-state index contributed by atoms with van der Waals surface area (Å²) in [6.45, 7) is 12.6. The zero-order chi connectivity index (χ0) is 61.1. The van der Waals surface area contributed by atoms with E-state index < -0.39 is 189 Å². The minimum absolute atomic E-state index is 0.0990. The van der Waals surface area contributed by atoms with Crippen molar-refractivity contribution < 1.29 is 129 Å². The highest BCUT2D eigenvalue weighted by Crippen LogP contribution is 2.76. The molecule has 26 heteroatoms. The third-order valence-electron chi connectivity index (χ3n) is 22.8. The fraction of sp³-hybridized carbons (Fsp3) is 0.948. The second-order valence-electron chi connectivity index (χ2n) is 28.1. The lowest BCUT2D eigenvalue weighted by Crippen LogP contribution is -2.67. The van der Waals surface area contributed by atoms with Gasteiger partial charge in [0.2, 0.25) is 6.29 Å². The molecule has 0 unspecified atom stereocenters. The summed E-state index contributed by atoms with van der Waals surface area (Å²) in [7, 11) is 0. The molecule has 32 atom stereocenters. The lowest BCUT2D eigenvalue weighted by molar-refractivity contribution is -0.379. The van der Waals surface area contributed by atoms with Gasteiger partial charge in [-0.15, -0.1) is 0 Å². The van der Waals surface area contributed by atoms with Crippen LogP contribution in [0.25, 0.3) is 0 Å². The molecule has 4 saturated carbocycles. The molecule has 0 radical (unpaired) electrons. The van der Waals surface area contributed by atoms with Gasteiger partial charge < -0.3 is 124 Å². The average Bonchev–Trinajstić information content (AvgIpc) is 0.836. The molecule has 10 rings (SSSR count). The van der Waals surface area contributed by atoms with Gasteiger partial charge in [-0.3, -0.25) is 4.79 Å². The number of fused-ring (bicyclic) bond motifs is 7. The van der Waals surface area contributed by atoms with Gasteiger partial charge in [-0.25, -0.2) is 0 Å². The van der Waals surface area contributed by atoms with Crippen molar-refractivity contribution in [2.24, 2.45) is 50.2 Å². The molecule has 0 aromatic heterocycles. The van der Waals surface area contributed by atoms with Crippen LogP contribution in [0, 0.1) is 50.2 Å². The summed E-state index contributed by atoms with van der Waals surface area (Å²) in [5, 5.41) is 162. The second-order valence-corrected chi connectivity index (χ2v) is 28.1. The Kier molecular flexibility index (Phi) is 18.7. The van der Waals surface area contributed by atoms with Crippen molar-refractivity contribution in [2.75, 3.05) is 33.0 Å². The standard InChI is InChI=1S/C58H94O26/c1-24-34(63)45(82-48-41(70)35(64)27(61)20-75-48)44(73)50(78-24)83-46-36(65)28(62)21-76-51(46)81-33-11-12-54(4)31(55(33,5)23-60)10-13-57(7)32(54)9-8-25-26-18-53(2,3)14-16-58(26,17-15-56(25,57)6)52(74)84-49-43(72)40(69)38(67)30(80-49)22-77-47-42(71)39(68)37(66)29(19-59)79-47/h8,24,26-51,59-73H,9-23H2,1-7H3/t24-,26-,27+,28-,29+,30+,31+,32+,33-,34-,35-,36-,37-,38+,39-,40-,41+,42+,43+,44+,45+,46+,47+,48-,49-,50-,51-,54-,55-,56+,57+,58-/m0/s1. The van der Waals surface area contributed by atoms with Gasteiger partial charge in [0.25, 0.3) is 0 Å². The van der Waals surface area contributed by atoms with E-state index in [1.165, 1.54) is 12.5 Å². The van der Waals surface area contributed by atoms with Crippen LogP contribution in [-0.4, -0.2) is 263 Å². The maximum absolute atomic E-state index is 15.1. The van der Waals surface area contributed by atoms with Gasteiger partial charge in [0.15, 0.2) is 25.2 Å². The average molecular weight is 1210 g/mol. The minimum atomic E-state index is -1.86. The van der Waals surface area contributed by atoms with Crippen molar-refractivity contribution in [1.82, 2.24) is 0 Å². The van der Waals surface area contributed by atoms with E-state index in [0.717, 1.165) is 6.42 Å². The van der Waals surface area contributed by atoms with Gasteiger partial charge in [-0.05, 0) is 111 Å². The third-order valence-corrected chi connectivity index (χ3v) is 22.8. The number of carbonyl (C=O) groups excluding carboxylic acids is 1.